The van der Waals surface area contributed by atoms with Crippen molar-refractivity contribution in [1.82, 2.24) is 5.32 Å². The first-order valence-electron chi connectivity index (χ1n) is 6.31. The van der Waals surface area contributed by atoms with Crippen molar-refractivity contribution in [3.05, 3.63) is 29.8 Å². The predicted molar refractivity (Wildman–Crippen MR) is 80.3 cm³/mol. The molecule has 0 spiro atoms. The van der Waals surface area contributed by atoms with Crippen LogP contribution in [-0.4, -0.2) is 23.0 Å². The van der Waals surface area contributed by atoms with Gasteiger partial charge in [-0.1, -0.05) is 31.3 Å². The third-order valence-electron chi connectivity index (χ3n) is 2.83. The zero-order chi connectivity index (χ0) is 14.4. The fourth-order valence-corrected chi connectivity index (χ4v) is 1.65. The van der Waals surface area contributed by atoms with Crippen molar-refractivity contribution in [3.63, 3.8) is 0 Å². The Hall–Kier alpha value is -1.62. The summed E-state index contributed by atoms with van der Waals surface area (Å²) >= 11 is 4.95. The smallest absolute Gasteiger partial charge is 0.260 e. The minimum Gasteiger partial charge on any atom is -0.480 e. The number of rotatable bonds is 6. The van der Waals surface area contributed by atoms with Crippen LogP contribution in [0.2, 0.25) is 0 Å². The van der Waals surface area contributed by atoms with Crippen molar-refractivity contribution in [1.29, 1.82) is 0 Å². The molecule has 1 aromatic carbocycles. The van der Waals surface area contributed by atoms with Crippen LogP contribution in [0.4, 0.5) is 0 Å². The highest BCUT2D eigenvalue weighted by molar-refractivity contribution is 7.80. The van der Waals surface area contributed by atoms with E-state index in [1.54, 1.807) is 19.1 Å². The summed E-state index contributed by atoms with van der Waals surface area (Å²) in [6, 6.07) is 7.30. The molecule has 0 saturated heterocycles. The standard InChI is InChI=1S/C14H20N2O2S/c1-4-9(2)16-14(17)10(3)18-12-8-6-5-7-11(12)13(15)19/h5-10H,4H2,1-3H3,(H2,15,19)(H,16,17). The number of benzene rings is 1. The van der Waals surface area contributed by atoms with Crippen molar-refractivity contribution in [2.75, 3.05) is 0 Å². The Labute approximate surface area is 119 Å². The summed E-state index contributed by atoms with van der Waals surface area (Å²) in [4.78, 5) is 12.2. The molecule has 19 heavy (non-hydrogen) atoms. The van der Waals surface area contributed by atoms with Crippen LogP contribution >= 0.6 is 12.2 Å². The Balaban J connectivity index is 2.74. The van der Waals surface area contributed by atoms with Gasteiger partial charge in [-0.05, 0) is 32.4 Å². The minimum absolute atomic E-state index is 0.129. The summed E-state index contributed by atoms with van der Waals surface area (Å²) in [5.41, 5.74) is 6.26. The van der Waals surface area contributed by atoms with Crippen LogP contribution in [-0.2, 0) is 4.79 Å². The van der Waals surface area contributed by atoms with Crippen molar-refractivity contribution >= 4 is 23.1 Å². The van der Waals surface area contributed by atoms with Crippen molar-refractivity contribution in [2.24, 2.45) is 5.73 Å². The number of nitrogens with one attached hydrogen (secondary N) is 1. The largest absolute Gasteiger partial charge is 0.480 e. The van der Waals surface area contributed by atoms with Gasteiger partial charge in [0, 0.05) is 6.04 Å². The summed E-state index contributed by atoms with van der Waals surface area (Å²) in [5.74, 6) is 0.383. The molecule has 0 saturated carbocycles. The van der Waals surface area contributed by atoms with Gasteiger partial charge in [0.15, 0.2) is 6.10 Å². The van der Waals surface area contributed by atoms with Gasteiger partial charge < -0.3 is 15.8 Å². The molecule has 0 fully saturated rings. The average Bonchev–Trinajstić information content (AvgIpc) is 2.38. The molecular formula is C14H20N2O2S. The number of carbonyl (C=O) groups is 1. The highest BCUT2D eigenvalue weighted by Crippen LogP contribution is 2.19. The first kappa shape index (κ1) is 15.4. The fourth-order valence-electron chi connectivity index (χ4n) is 1.48. The number of hydrogen-bond acceptors (Lipinski definition) is 3. The van der Waals surface area contributed by atoms with Gasteiger partial charge in [0.05, 0.1) is 5.56 Å². The third-order valence-corrected chi connectivity index (χ3v) is 3.05. The van der Waals surface area contributed by atoms with Crippen LogP contribution in [0.1, 0.15) is 32.8 Å². The lowest BCUT2D eigenvalue weighted by Gasteiger charge is -2.19. The van der Waals surface area contributed by atoms with Gasteiger partial charge in [-0.3, -0.25) is 4.79 Å². The van der Waals surface area contributed by atoms with Gasteiger partial charge >= 0.3 is 0 Å². The van der Waals surface area contributed by atoms with Gasteiger partial charge in [0.25, 0.3) is 5.91 Å². The Morgan fingerprint density at radius 1 is 1.42 bits per heavy atom. The van der Waals surface area contributed by atoms with Gasteiger partial charge in [-0.2, -0.15) is 0 Å². The molecule has 3 N–H and O–H groups in total. The summed E-state index contributed by atoms with van der Waals surface area (Å²) in [7, 11) is 0. The molecule has 0 aromatic heterocycles. The van der Waals surface area contributed by atoms with E-state index in [9.17, 15) is 4.79 Å². The van der Waals surface area contributed by atoms with Crippen LogP contribution in [0.25, 0.3) is 0 Å². The maximum Gasteiger partial charge on any atom is 0.260 e. The van der Waals surface area contributed by atoms with E-state index in [0.717, 1.165) is 6.42 Å². The zero-order valence-electron chi connectivity index (χ0n) is 11.5. The molecule has 5 heteroatoms. The first-order chi connectivity index (χ1) is 8.95. The highest BCUT2D eigenvalue weighted by Gasteiger charge is 2.17. The van der Waals surface area contributed by atoms with E-state index in [1.165, 1.54) is 0 Å². The molecule has 1 aromatic rings. The molecule has 0 aliphatic heterocycles. The number of ether oxygens (including phenoxy) is 1. The van der Waals surface area contributed by atoms with Crippen LogP contribution in [0, 0.1) is 0 Å². The van der Waals surface area contributed by atoms with Crippen LogP contribution in [0.5, 0.6) is 5.75 Å². The predicted octanol–water partition coefficient (Wildman–Crippen LogP) is 2.00. The number of para-hydroxylation sites is 1. The molecule has 0 bridgehead atoms. The Morgan fingerprint density at radius 3 is 2.63 bits per heavy atom. The SMILES string of the molecule is CCC(C)NC(=O)C(C)Oc1ccccc1C(N)=S. The topological polar surface area (TPSA) is 64.3 Å². The molecule has 0 radical (unpaired) electrons. The third kappa shape index (κ3) is 4.52. The summed E-state index contributed by atoms with van der Waals surface area (Å²) in [6.45, 7) is 5.67. The van der Waals surface area contributed by atoms with E-state index < -0.39 is 6.10 Å². The minimum atomic E-state index is -0.593. The summed E-state index contributed by atoms with van der Waals surface area (Å²) in [6.07, 6.45) is 0.284. The second-order valence-corrected chi connectivity index (χ2v) is 4.88. The second kappa shape index (κ2) is 7.09. The molecule has 2 atom stereocenters. The molecule has 0 aliphatic rings. The number of carbonyl (C=O) groups excluding carboxylic acids is 1. The summed E-state index contributed by atoms with van der Waals surface area (Å²) < 4.78 is 5.63. The van der Waals surface area contributed by atoms with Crippen LogP contribution in [0.3, 0.4) is 0 Å². The van der Waals surface area contributed by atoms with E-state index in [2.05, 4.69) is 5.32 Å². The van der Waals surface area contributed by atoms with Gasteiger partial charge in [0.2, 0.25) is 0 Å². The maximum atomic E-state index is 11.9. The summed E-state index contributed by atoms with van der Waals surface area (Å²) in [5, 5.41) is 2.87. The Morgan fingerprint density at radius 2 is 2.05 bits per heavy atom. The fraction of sp³-hybridized carbons (Fsp3) is 0.429. The molecule has 104 valence electrons. The van der Waals surface area contributed by atoms with Gasteiger partial charge in [-0.25, -0.2) is 0 Å². The van der Waals surface area contributed by atoms with Crippen LogP contribution < -0.4 is 15.8 Å². The number of amides is 1. The van der Waals surface area contributed by atoms with Crippen molar-refractivity contribution in [2.45, 2.75) is 39.3 Å². The molecule has 1 rings (SSSR count). The Kier molecular flexibility index (Phi) is 5.76. The number of thiocarbonyl (C=S) groups is 1. The second-order valence-electron chi connectivity index (χ2n) is 4.44. The molecular weight excluding hydrogens is 260 g/mol. The Bertz CT molecular complexity index is 463. The molecule has 1 amide bonds. The van der Waals surface area contributed by atoms with E-state index in [-0.39, 0.29) is 16.9 Å². The number of nitrogens with two attached hydrogens (primary N) is 1. The van der Waals surface area contributed by atoms with Crippen molar-refractivity contribution in [3.8, 4) is 5.75 Å². The lowest BCUT2D eigenvalue weighted by Crippen LogP contribution is -2.41. The normalized spacial score (nSPS) is 13.4. The average molecular weight is 280 g/mol. The molecule has 0 aliphatic carbocycles. The highest BCUT2D eigenvalue weighted by atomic mass is 32.1. The molecule has 0 heterocycles. The monoisotopic (exact) mass is 280 g/mol. The van der Waals surface area contributed by atoms with E-state index >= 15 is 0 Å². The zero-order valence-corrected chi connectivity index (χ0v) is 12.3. The van der Waals surface area contributed by atoms with Crippen molar-refractivity contribution < 1.29 is 9.53 Å². The van der Waals surface area contributed by atoms with E-state index in [1.807, 2.05) is 26.0 Å². The van der Waals surface area contributed by atoms with Gasteiger partial charge in [0.1, 0.15) is 10.7 Å². The van der Waals surface area contributed by atoms with Gasteiger partial charge in [-0.15, -0.1) is 0 Å². The van der Waals surface area contributed by atoms with E-state index in [0.29, 0.717) is 11.3 Å². The molecule has 2 unspecified atom stereocenters. The number of hydrogen-bond donors (Lipinski definition) is 2. The lowest BCUT2D eigenvalue weighted by molar-refractivity contribution is -0.127. The van der Waals surface area contributed by atoms with E-state index in [4.69, 9.17) is 22.7 Å². The quantitative estimate of drug-likeness (QED) is 0.782. The van der Waals surface area contributed by atoms with Crippen LogP contribution in [0.15, 0.2) is 24.3 Å². The lowest BCUT2D eigenvalue weighted by atomic mass is 10.2. The molecule has 4 nitrogen and oxygen atoms in total. The maximum absolute atomic E-state index is 11.9. The first-order valence-corrected chi connectivity index (χ1v) is 6.72.